The minimum atomic E-state index is -4.37. The Morgan fingerprint density at radius 1 is 1.44 bits per heavy atom. The molecule has 7 heteroatoms. The fourth-order valence-corrected chi connectivity index (χ4v) is 1.69. The van der Waals surface area contributed by atoms with Gasteiger partial charge in [0, 0.05) is 18.4 Å². The molecule has 88 valence electrons. The molecule has 0 aromatic carbocycles. The molecule has 0 bridgehead atoms. The second-order valence-corrected chi connectivity index (χ2v) is 4.06. The number of thioether (sulfide) groups is 1. The number of pyridine rings is 1. The van der Waals surface area contributed by atoms with Gasteiger partial charge in [-0.1, -0.05) is 0 Å². The number of hydrogen-bond acceptors (Lipinski definition) is 3. The number of nitrogens with two attached hydrogens (primary N) is 1. The molecule has 1 aromatic rings. The van der Waals surface area contributed by atoms with Crippen molar-refractivity contribution in [3.05, 3.63) is 23.9 Å². The van der Waals surface area contributed by atoms with Crippen molar-refractivity contribution in [2.45, 2.75) is 17.6 Å². The molecule has 1 rings (SSSR count). The SMILES string of the molecule is NC(=O)CCSc1ccc(C(F)(F)F)cn1. The predicted octanol–water partition coefficient (Wildman–Crippen LogP) is 2.07. The smallest absolute Gasteiger partial charge is 0.370 e. The number of aromatic nitrogens is 1. The molecule has 0 atom stereocenters. The van der Waals surface area contributed by atoms with Crippen LogP contribution in [0.4, 0.5) is 13.2 Å². The summed E-state index contributed by atoms with van der Waals surface area (Å²) in [7, 11) is 0. The predicted molar refractivity (Wildman–Crippen MR) is 53.8 cm³/mol. The monoisotopic (exact) mass is 250 g/mol. The average Bonchev–Trinajstić information content (AvgIpc) is 2.16. The number of rotatable bonds is 4. The Balaban J connectivity index is 2.55. The van der Waals surface area contributed by atoms with Crippen molar-refractivity contribution in [3.63, 3.8) is 0 Å². The summed E-state index contributed by atoms with van der Waals surface area (Å²) in [4.78, 5) is 14.0. The summed E-state index contributed by atoms with van der Waals surface area (Å²) in [6, 6.07) is 2.23. The van der Waals surface area contributed by atoms with Gasteiger partial charge in [-0.25, -0.2) is 4.98 Å². The fourth-order valence-electron chi connectivity index (χ4n) is 0.890. The third kappa shape index (κ3) is 4.09. The van der Waals surface area contributed by atoms with Crippen molar-refractivity contribution in [1.29, 1.82) is 0 Å². The van der Waals surface area contributed by atoms with E-state index in [1.165, 1.54) is 17.8 Å². The lowest BCUT2D eigenvalue weighted by molar-refractivity contribution is -0.137. The molecule has 1 amide bonds. The Morgan fingerprint density at radius 2 is 2.12 bits per heavy atom. The number of hydrogen-bond donors (Lipinski definition) is 1. The number of carbonyl (C=O) groups excluding carboxylic acids is 1. The van der Waals surface area contributed by atoms with Crippen LogP contribution in [0.1, 0.15) is 12.0 Å². The molecule has 0 aliphatic heterocycles. The molecule has 3 nitrogen and oxygen atoms in total. The van der Waals surface area contributed by atoms with Crippen molar-refractivity contribution in [3.8, 4) is 0 Å². The molecule has 0 aliphatic carbocycles. The number of halogens is 3. The first-order chi connectivity index (χ1) is 7.39. The highest BCUT2D eigenvalue weighted by Gasteiger charge is 2.30. The molecule has 0 spiro atoms. The van der Waals surface area contributed by atoms with E-state index in [2.05, 4.69) is 4.98 Å². The zero-order chi connectivity index (χ0) is 12.2. The Morgan fingerprint density at radius 3 is 2.56 bits per heavy atom. The quantitative estimate of drug-likeness (QED) is 0.832. The van der Waals surface area contributed by atoms with E-state index >= 15 is 0 Å². The molecule has 0 aliphatic rings. The second kappa shape index (κ2) is 5.20. The van der Waals surface area contributed by atoms with E-state index in [1.807, 2.05) is 0 Å². The molecule has 0 saturated heterocycles. The molecule has 0 fully saturated rings. The number of carbonyl (C=O) groups is 1. The maximum Gasteiger partial charge on any atom is 0.417 e. The van der Waals surface area contributed by atoms with Gasteiger partial charge in [-0.15, -0.1) is 11.8 Å². The third-order valence-electron chi connectivity index (χ3n) is 1.66. The fraction of sp³-hybridized carbons (Fsp3) is 0.333. The lowest BCUT2D eigenvalue weighted by Crippen LogP contribution is -2.11. The van der Waals surface area contributed by atoms with Crippen LogP contribution >= 0.6 is 11.8 Å². The Labute approximate surface area is 94.2 Å². The highest BCUT2D eigenvalue weighted by Crippen LogP contribution is 2.29. The number of primary amides is 1. The van der Waals surface area contributed by atoms with Crippen molar-refractivity contribution in [1.82, 2.24) is 4.98 Å². The summed E-state index contributed by atoms with van der Waals surface area (Å²) in [6.07, 6.45) is -3.43. The van der Waals surface area contributed by atoms with Crippen LogP contribution in [0.5, 0.6) is 0 Å². The zero-order valence-electron chi connectivity index (χ0n) is 8.12. The average molecular weight is 250 g/mol. The Kier molecular flexibility index (Phi) is 4.17. The van der Waals surface area contributed by atoms with Crippen LogP contribution in [-0.2, 0) is 11.0 Å². The van der Waals surface area contributed by atoms with Crippen LogP contribution in [0.25, 0.3) is 0 Å². The molecule has 0 radical (unpaired) electrons. The van der Waals surface area contributed by atoms with Gasteiger partial charge in [0.1, 0.15) is 0 Å². The minimum Gasteiger partial charge on any atom is -0.370 e. The van der Waals surface area contributed by atoms with Gasteiger partial charge in [0.05, 0.1) is 10.6 Å². The topological polar surface area (TPSA) is 56.0 Å². The van der Waals surface area contributed by atoms with E-state index in [4.69, 9.17) is 5.73 Å². The molecule has 16 heavy (non-hydrogen) atoms. The summed E-state index contributed by atoms with van der Waals surface area (Å²) >= 11 is 1.19. The maximum atomic E-state index is 12.2. The molecule has 1 heterocycles. The number of alkyl halides is 3. The molecular formula is C9H9F3N2OS. The summed E-state index contributed by atoms with van der Waals surface area (Å²) in [5, 5.41) is 0.439. The molecule has 0 saturated carbocycles. The molecular weight excluding hydrogens is 241 g/mol. The van der Waals surface area contributed by atoms with Gasteiger partial charge in [0.2, 0.25) is 5.91 Å². The zero-order valence-corrected chi connectivity index (χ0v) is 8.94. The third-order valence-corrected chi connectivity index (χ3v) is 2.61. The van der Waals surface area contributed by atoms with E-state index in [-0.39, 0.29) is 6.42 Å². The van der Waals surface area contributed by atoms with Gasteiger partial charge in [-0.2, -0.15) is 13.2 Å². The van der Waals surface area contributed by atoms with Crippen LogP contribution < -0.4 is 5.73 Å². The molecule has 1 aromatic heterocycles. The van der Waals surface area contributed by atoms with Gasteiger partial charge in [0.25, 0.3) is 0 Å². The van der Waals surface area contributed by atoms with E-state index in [1.54, 1.807) is 0 Å². The summed E-state index contributed by atoms with van der Waals surface area (Å²) in [6.45, 7) is 0. The number of amides is 1. The Bertz CT molecular complexity index is 364. The lowest BCUT2D eigenvalue weighted by atomic mass is 10.3. The van der Waals surface area contributed by atoms with Crippen molar-refractivity contribution < 1.29 is 18.0 Å². The van der Waals surface area contributed by atoms with Gasteiger partial charge < -0.3 is 5.73 Å². The first kappa shape index (κ1) is 12.8. The lowest BCUT2D eigenvalue weighted by Gasteiger charge is -2.06. The first-order valence-electron chi connectivity index (χ1n) is 4.34. The number of nitrogens with zero attached hydrogens (tertiary/aromatic N) is 1. The van der Waals surface area contributed by atoms with Crippen LogP contribution in [0, 0.1) is 0 Å². The van der Waals surface area contributed by atoms with Crippen molar-refractivity contribution >= 4 is 17.7 Å². The van der Waals surface area contributed by atoms with E-state index < -0.39 is 17.6 Å². The highest BCUT2D eigenvalue weighted by molar-refractivity contribution is 7.99. The van der Waals surface area contributed by atoms with Crippen LogP contribution in [0.2, 0.25) is 0 Å². The van der Waals surface area contributed by atoms with Gasteiger partial charge in [-0.3, -0.25) is 4.79 Å². The maximum absolute atomic E-state index is 12.2. The van der Waals surface area contributed by atoms with Gasteiger partial charge in [0.15, 0.2) is 0 Å². The largest absolute Gasteiger partial charge is 0.417 e. The highest BCUT2D eigenvalue weighted by atomic mass is 32.2. The summed E-state index contributed by atoms with van der Waals surface area (Å²) in [5.41, 5.74) is 4.13. The van der Waals surface area contributed by atoms with Crippen LogP contribution in [-0.4, -0.2) is 16.6 Å². The van der Waals surface area contributed by atoms with E-state index in [0.717, 1.165) is 12.3 Å². The summed E-state index contributed by atoms with van der Waals surface area (Å²) < 4.78 is 36.5. The minimum absolute atomic E-state index is 0.174. The van der Waals surface area contributed by atoms with Gasteiger partial charge >= 0.3 is 6.18 Å². The molecule has 0 unspecified atom stereocenters. The van der Waals surface area contributed by atoms with E-state index in [0.29, 0.717) is 10.8 Å². The standard InChI is InChI=1S/C9H9F3N2OS/c10-9(11,12)6-1-2-8(14-5-6)16-4-3-7(13)15/h1-2,5H,3-4H2,(H2,13,15). The first-order valence-corrected chi connectivity index (χ1v) is 5.32. The van der Waals surface area contributed by atoms with Crippen molar-refractivity contribution in [2.24, 2.45) is 5.73 Å². The normalized spacial score (nSPS) is 11.4. The van der Waals surface area contributed by atoms with Crippen molar-refractivity contribution in [2.75, 3.05) is 5.75 Å². The Hall–Kier alpha value is -1.24. The van der Waals surface area contributed by atoms with Gasteiger partial charge in [-0.05, 0) is 12.1 Å². The van der Waals surface area contributed by atoms with Crippen LogP contribution in [0.3, 0.4) is 0 Å². The summed E-state index contributed by atoms with van der Waals surface area (Å²) in [5.74, 6) is -0.0346. The second-order valence-electron chi connectivity index (χ2n) is 2.95. The van der Waals surface area contributed by atoms with Crippen LogP contribution in [0.15, 0.2) is 23.4 Å². The van der Waals surface area contributed by atoms with E-state index in [9.17, 15) is 18.0 Å². The molecule has 2 N–H and O–H groups in total.